The van der Waals surface area contributed by atoms with Crippen LogP contribution in [0.25, 0.3) is 11.0 Å². The van der Waals surface area contributed by atoms with Gasteiger partial charge < -0.3 is 9.42 Å². The maximum atomic E-state index is 13.3. The van der Waals surface area contributed by atoms with Gasteiger partial charge in [0.25, 0.3) is 0 Å². The Labute approximate surface area is 137 Å². The van der Waals surface area contributed by atoms with Crippen molar-refractivity contribution in [3.05, 3.63) is 48.2 Å². The summed E-state index contributed by atoms with van der Waals surface area (Å²) in [6, 6.07) is 7.36. The van der Waals surface area contributed by atoms with E-state index < -0.39 is 0 Å². The quantitative estimate of drug-likeness (QED) is 0.736. The molecule has 7 heteroatoms. The van der Waals surface area contributed by atoms with Crippen molar-refractivity contribution in [2.45, 2.75) is 25.0 Å². The van der Waals surface area contributed by atoms with Crippen molar-refractivity contribution < 1.29 is 8.91 Å². The largest absolute Gasteiger partial charge is 0.356 e. The number of aromatic nitrogens is 3. The summed E-state index contributed by atoms with van der Waals surface area (Å²) in [7, 11) is 0. The van der Waals surface area contributed by atoms with E-state index in [2.05, 4.69) is 24.9 Å². The molecule has 5 heterocycles. The lowest BCUT2D eigenvalue weighted by atomic mass is 9.87. The molecule has 2 bridgehead atoms. The Kier molecular flexibility index (Phi) is 3.02. The van der Waals surface area contributed by atoms with E-state index in [0.717, 1.165) is 36.7 Å². The lowest BCUT2D eigenvalue weighted by molar-refractivity contribution is -0.0103. The Balaban J connectivity index is 1.33. The first kappa shape index (κ1) is 13.9. The van der Waals surface area contributed by atoms with Gasteiger partial charge in [-0.15, -0.1) is 0 Å². The Bertz CT molecular complexity index is 871. The number of halogens is 1. The van der Waals surface area contributed by atoms with Crippen molar-refractivity contribution in [1.29, 1.82) is 0 Å². The number of hydrogen-bond acceptors (Lipinski definition) is 6. The van der Waals surface area contributed by atoms with Gasteiger partial charge in [-0.25, -0.2) is 14.4 Å². The van der Waals surface area contributed by atoms with Crippen LogP contribution in [0.1, 0.15) is 12.1 Å². The number of rotatable bonds is 3. The predicted molar refractivity (Wildman–Crippen MR) is 85.9 cm³/mol. The first-order chi connectivity index (χ1) is 11.8. The summed E-state index contributed by atoms with van der Waals surface area (Å²) in [6.45, 7) is 2.58. The highest BCUT2D eigenvalue weighted by Crippen LogP contribution is 2.35. The van der Waals surface area contributed by atoms with E-state index in [4.69, 9.17) is 4.52 Å². The zero-order chi connectivity index (χ0) is 16.1. The van der Waals surface area contributed by atoms with Crippen LogP contribution in [0.3, 0.4) is 0 Å². The fraction of sp³-hybridized carbons (Fsp3) is 0.353. The molecule has 3 aliphatic rings. The van der Waals surface area contributed by atoms with Crippen molar-refractivity contribution >= 4 is 16.9 Å². The minimum Gasteiger partial charge on any atom is -0.356 e. The smallest absolute Gasteiger partial charge is 0.225 e. The van der Waals surface area contributed by atoms with Crippen LogP contribution in [-0.4, -0.2) is 45.2 Å². The normalized spacial score (nSPS) is 23.5. The number of benzene rings is 1. The van der Waals surface area contributed by atoms with Crippen LogP contribution in [0.15, 0.2) is 41.2 Å². The fourth-order valence-electron chi connectivity index (χ4n) is 3.81. The Morgan fingerprint density at radius 1 is 1.17 bits per heavy atom. The summed E-state index contributed by atoms with van der Waals surface area (Å²) >= 11 is 0. The molecule has 3 saturated heterocycles. The third kappa shape index (κ3) is 2.16. The summed E-state index contributed by atoms with van der Waals surface area (Å²) < 4.78 is 18.5. The molecule has 0 spiro atoms. The topological polar surface area (TPSA) is 58.3 Å². The number of fused-ring (bicyclic) bond motifs is 3. The van der Waals surface area contributed by atoms with E-state index in [-0.39, 0.29) is 5.82 Å². The molecule has 0 amide bonds. The van der Waals surface area contributed by atoms with Crippen LogP contribution < -0.4 is 4.90 Å². The molecule has 2 aromatic heterocycles. The molecule has 3 fully saturated rings. The van der Waals surface area contributed by atoms with E-state index in [9.17, 15) is 4.39 Å². The van der Waals surface area contributed by atoms with Crippen LogP contribution in [0.4, 0.5) is 10.3 Å². The Hall–Kier alpha value is -2.54. The van der Waals surface area contributed by atoms with Gasteiger partial charge in [-0.05, 0) is 24.6 Å². The highest BCUT2D eigenvalue weighted by Gasteiger charge is 2.45. The molecule has 0 N–H and O–H groups in total. The molecule has 2 unspecified atom stereocenters. The molecule has 6 rings (SSSR count). The Morgan fingerprint density at radius 3 is 2.75 bits per heavy atom. The molecule has 122 valence electrons. The van der Waals surface area contributed by atoms with Crippen molar-refractivity contribution in [3.8, 4) is 0 Å². The minimum absolute atomic E-state index is 0.301. The molecular weight excluding hydrogens is 309 g/mol. The molecule has 6 nitrogen and oxygen atoms in total. The zero-order valence-corrected chi connectivity index (χ0v) is 13.0. The van der Waals surface area contributed by atoms with Gasteiger partial charge in [-0.3, -0.25) is 4.90 Å². The van der Waals surface area contributed by atoms with E-state index in [0.29, 0.717) is 17.7 Å². The van der Waals surface area contributed by atoms with Crippen LogP contribution in [0.5, 0.6) is 0 Å². The van der Waals surface area contributed by atoms with Crippen molar-refractivity contribution in [2.75, 3.05) is 18.0 Å². The summed E-state index contributed by atoms with van der Waals surface area (Å²) in [5, 5.41) is 5.03. The highest BCUT2D eigenvalue weighted by molar-refractivity contribution is 5.79. The van der Waals surface area contributed by atoms with Gasteiger partial charge in [0.15, 0.2) is 5.58 Å². The molecule has 0 aliphatic carbocycles. The molecule has 0 saturated carbocycles. The SMILES string of the molecule is Fc1ccc2c(CN3C4CC3CN(c3ncccn3)C4)noc2c1. The van der Waals surface area contributed by atoms with Gasteiger partial charge in [0.05, 0.1) is 0 Å². The number of anilines is 1. The predicted octanol–water partition coefficient (Wildman–Crippen LogP) is 2.22. The first-order valence-electron chi connectivity index (χ1n) is 8.09. The second-order valence-electron chi connectivity index (χ2n) is 6.44. The number of hydrogen-bond donors (Lipinski definition) is 0. The van der Waals surface area contributed by atoms with E-state index in [1.54, 1.807) is 18.5 Å². The van der Waals surface area contributed by atoms with Gasteiger partial charge in [-0.1, -0.05) is 5.16 Å². The summed E-state index contributed by atoms with van der Waals surface area (Å²) in [5.74, 6) is 0.499. The molecule has 0 radical (unpaired) electrons. The third-order valence-corrected chi connectivity index (χ3v) is 5.02. The highest BCUT2D eigenvalue weighted by atomic mass is 19.1. The Morgan fingerprint density at radius 2 is 1.96 bits per heavy atom. The number of piperidine rings is 1. The van der Waals surface area contributed by atoms with Crippen LogP contribution >= 0.6 is 0 Å². The molecule has 24 heavy (non-hydrogen) atoms. The van der Waals surface area contributed by atoms with Crippen LogP contribution in [-0.2, 0) is 6.54 Å². The van der Waals surface area contributed by atoms with Crippen molar-refractivity contribution in [1.82, 2.24) is 20.0 Å². The second kappa shape index (κ2) is 5.24. The number of piperazine rings is 1. The third-order valence-electron chi connectivity index (χ3n) is 5.02. The van der Waals surface area contributed by atoms with Gasteiger partial charge >= 0.3 is 0 Å². The standard InChI is InChI=1S/C17H16FN5O/c18-11-2-3-14-15(21-24-16(14)6-11)10-23-12-7-13(23)9-22(8-12)17-19-4-1-5-20-17/h1-6,12-13H,7-10H2. The molecular formula is C17H16FN5O. The maximum Gasteiger partial charge on any atom is 0.225 e. The van der Waals surface area contributed by atoms with Gasteiger partial charge in [-0.2, -0.15) is 0 Å². The zero-order valence-electron chi connectivity index (χ0n) is 13.0. The summed E-state index contributed by atoms with van der Waals surface area (Å²) in [6.07, 6.45) is 4.75. The lowest BCUT2D eigenvalue weighted by Gasteiger charge is -2.56. The molecule has 1 aromatic carbocycles. The first-order valence-corrected chi connectivity index (χ1v) is 8.09. The van der Waals surface area contributed by atoms with Crippen LogP contribution in [0.2, 0.25) is 0 Å². The van der Waals surface area contributed by atoms with E-state index in [1.807, 2.05) is 6.07 Å². The lowest BCUT2D eigenvalue weighted by Crippen LogP contribution is -2.68. The van der Waals surface area contributed by atoms with Crippen molar-refractivity contribution in [3.63, 3.8) is 0 Å². The molecule has 3 aliphatic heterocycles. The maximum absolute atomic E-state index is 13.3. The average molecular weight is 325 g/mol. The van der Waals surface area contributed by atoms with Crippen LogP contribution in [0, 0.1) is 5.82 Å². The van der Waals surface area contributed by atoms with E-state index in [1.165, 1.54) is 18.6 Å². The number of nitrogens with zero attached hydrogens (tertiary/aromatic N) is 5. The summed E-state index contributed by atoms with van der Waals surface area (Å²) in [4.78, 5) is 13.4. The molecule has 2 atom stereocenters. The van der Waals surface area contributed by atoms with Crippen molar-refractivity contribution in [2.24, 2.45) is 0 Å². The van der Waals surface area contributed by atoms with Gasteiger partial charge in [0, 0.05) is 55.6 Å². The second-order valence-corrected chi connectivity index (χ2v) is 6.44. The minimum atomic E-state index is -0.301. The monoisotopic (exact) mass is 325 g/mol. The summed E-state index contributed by atoms with van der Waals surface area (Å²) in [5.41, 5.74) is 1.39. The van der Waals surface area contributed by atoms with Gasteiger partial charge in [0.1, 0.15) is 11.5 Å². The van der Waals surface area contributed by atoms with Gasteiger partial charge in [0.2, 0.25) is 5.95 Å². The molecule has 3 aromatic rings. The average Bonchev–Trinajstić information content (AvgIpc) is 3.02. The van der Waals surface area contributed by atoms with E-state index >= 15 is 0 Å². The fourth-order valence-corrected chi connectivity index (χ4v) is 3.81.